The number of nitrogens with zero attached hydrogens (tertiary/aromatic N) is 2. The summed E-state index contributed by atoms with van der Waals surface area (Å²) in [6.45, 7) is 5.79. The molecule has 4 rings (SSSR count). The lowest BCUT2D eigenvalue weighted by atomic mass is 10.1. The summed E-state index contributed by atoms with van der Waals surface area (Å²) in [7, 11) is 0. The van der Waals surface area contributed by atoms with Gasteiger partial charge in [0.25, 0.3) is 5.91 Å². The molecule has 4 heterocycles. The Kier molecular flexibility index (Phi) is 6.01. The van der Waals surface area contributed by atoms with E-state index in [0.717, 1.165) is 31.0 Å². The predicted octanol–water partition coefficient (Wildman–Crippen LogP) is 1.98. The molecule has 2 amide bonds. The number of carbonyl (C=O) groups excluding carboxylic acids is 2. The molecule has 29 heavy (non-hydrogen) atoms. The van der Waals surface area contributed by atoms with Gasteiger partial charge in [0.2, 0.25) is 5.91 Å². The minimum atomic E-state index is -0.476. The van der Waals surface area contributed by atoms with E-state index in [1.807, 2.05) is 19.1 Å². The number of morpholine rings is 1. The highest BCUT2D eigenvalue weighted by molar-refractivity contribution is 5.95. The molecule has 2 aromatic rings. The number of furan rings is 2. The third kappa shape index (κ3) is 4.38. The third-order valence-electron chi connectivity index (χ3n) is 5.59. The number of nitrogens with one attached hydrogen (secondary N) is 1. The van der Waals surface area contributed by atoms with Crippen molar-refractivity contribution < 1.29 is 23.2 Å². The number of ether oxygens (including phenoxy) is 1. The Morgan fingerprint density at radius 3 is 2.72 bits per heavy atom. The number of likely N-dealkylation sites (tertiary alicyclic amines) is 1. The minimum absolute atomic E-state index is 0.0628. The molecule has 0 radical (unpaired) electrons. The molecular weight excluding hydrogens is 374 g/mol. The fourth-order valence-corrected chi connectivity index (χ4v) is 4.07. The quantitative estimate of drug-likeness (QED) is 0.796. The molecule has 1 N–H and O–H groups in total. The summed E-state index contributed by atoms with van der Waals surface area (Å²) in [6, 6.07) is 6.67. The highest BCUT2D eigenvalue weighted by Crippen LogP contribution is 2.24. The molecule has 2 aliphatic rings. The largest absolute Gasteiger partial charge is 0.465 e. The summed E-state index contributed by atoms with van der Waals surface area (Å²) in [6.07, 6.45) is 2.92. The summed E-state index contributed by atoms with van der Waals surface area (Å²) < 4.78 is 16.5. The lowest BCUT2D eigenvalue weighted by Crippen LogP contribution is -2.49. The fourth-order valence-electron chi connectivity index (χ4n) is 4.07. The van der Waals surface area contributed by atoms with Crippen molar-refractivity contribution in [2.24, 2.45) is 0 Å². The summed E-state index contributed by atoms with van der Waals surface area (Å²) in [5.41, 5.74) is 0. The second kappa shape index (κ2) is 8.84. The van der Waals surface area contributed by atoms with Crippen molar-refractivity contribution in [1.82, 2.24) is 15.1 Å². The molecule has 2 aromatic heterocycles. The topological polar surface area (TPSA) is 88.2 Å². The van der Waals surface area contributed by atoms with Gasteiger partial charge >= 0.3 is 0 Å². The SMILES string of the molecule is Cc1ccc([C@H](CNC(=O)[C@@H]2CCCN2C(=O)c2ccco2)N2CCOCC2)o1. The van der Waals surface area contributed by atoms with Crippen molar-refractivity contribution in [3.63, 3.8) is 0 Å². The van der Waals surface area contributed by atoms with Crippen LogP contribution in [0.25, 0.3) is 0 Å². The van der Waals surface area contributed by atoms with E-state index in [2.05, 4.69) is 10.2 Å². The van der Waals surface area contributed by atoms with Crippen LogP contribution in [0, 0.1) is 6.92 Å². The van der Waals surface area contributed by atoms with Crippen molar-refractivity contribution >= 4 is 11.8 Å². The molecule has 2 atom stereocenters. The maximum absolute atomic E-state index is 12.9. The van der Waals surface area contributed by atoms with E-state index in [1.165, 1.54) is 6.26 Å². The first-order valence-corrected chi connectivity index (χ1v) is 10.1. The van der Waals surface area contributed by atoms with E-state index in [-0.39, 0.29) is 23.6 Å². The summed E-state index contributed by atoms with van der Waals surface area (Å²) in [4.78, 5) is 29.5. The molecule has 8 heteroatoms. The van der Waals surface area contributed by atoms with Gasteiger partial charge in [-0.25, -0.2) is 0 Å². The zero-order chi connectivity index (χ0) is 20.2. The van der Waals surface area contributed by atoms with Crippen LogP contribution < -0.4 is 5.32 Å². The van der Waals surface area contributed by atoms with Gasteiger partial charge in [-0.3, -0.25) is 14.5 Å². The molecule has 0 aliphatic carbocycles. The first kappa shape index (κ1) is 19.7. The van der Waals surface area contributed by atoms with Gasteiger partial charge in [0, 0.05) is 26.2 Å². The number of aryl methyl sites for hydroxylation is 1. The Hall–Kier alpha value is -2.58. The fraction of sp³-hybridized carbons (Fsp3) is 0.524. The maximum Gasteiger partial charge on any atom is 0.290 e. The van der Waals surface area contributed by atoms with E-state index < -0.39 is 6.04 Å². The molecule has 0 aromatic carbocycles. The first-order chi connectivity index (χ1) is 14.1. The zero-order valence-electron chi connectivity index (χ0n) is 16.6. The summed E-state index contributed by atoms with van der Waals surface area (Å²) in [5.74, 6) is 1.57. The van der Waals surface area contributed by atoms with E-state index in [9.17, 15) is 9.59 Å². The van der Waals surface area contributed by atoms with Crippen molar-refractivity contribution in [3.8, 4) is 0 Å². The average Bonchev–Trinajstić information content (AvgIpc) is 3.50. The Balaban J connectivity index is 1.42. The van der Waals surface area contributed by atoms with Crippen molar-refractivity contribution in [2.45, 2.75) is 31.8 Å². The lowest BCUT2D eigenvalue weighted by Gasteiger charge is -2.34. The molecule has 2 saturated heterocycles. The smallest absolute Gasteiger partial charge is 0.290 e. The van der Waals surface area contributed by atoms with Crippen LogP contribution in [0.1, 0.15) is 41.0 Å². The molecule has 2 fully saturated rings. The number of amides is 2. The number of hydrogen-bond acceptors (Lipinski definition) is 6. The van der Waals surface area contributed by atoms with Gasteiger partial charge in [-0.05, 0) is 44.0 Å². The van der Waals surface area contributed by atoms with Crippen LogP contribution in [0.5, 0.6) is 0 Å². The third-order valence-corrected chi connectivity index (χ3v) is 5.59. The summed E-state index contributed by atoms with van der Waals surface area (Å²) >= 11 is 0. The van der Waals surface area contributed by atoms with E-state index in [0.29, 0.717) is 32.7 Å². The predicted molar refractivity (Wildman–Crippen MR) is 104 cm³/mol. The lowest BCUT2D eigenvalue weighted by molar-refractivity contribution is -0.125. The van der Waals surface area contributed by atoms with Crippen LogP contribution in [0.2, 0.25) is 0 Å². The first-order valence-electron chi connectivity index (χ1n) is 10.1. The molecule has 0 bridgehead atoms. The second-order valence-corrected chi connectivity index (χ2v) is 7.49. The number of hydrogen-bond donors (Lipinski definition) is 1. The van der Waals surface area contributed by atoms with Crippen LogP contribution in [-0.2, 0) is 9.53 Å². The average molecular weight is 401 g/mol. The molecular formula is C21H27N3O5. The number of rotatable bonds is 6. The van der Waals surface area contributed by atoms with Crippen LogP contribution in [-0.4, -0.2) is 67.0 Å². The van der Waals surface area contributed by atoms with Gasteiger partial charge in [-0.2, -0.15) is 0 Å². The van der Waals surface area contributed by atoms with Crippen LogP contribution in [0.15, 0.2) is 39.4 Å². The zero-order valence-corrected chi connectivity index (χ0v) is 16.6. The van der Waals surface area contributed by atoms with Crippen LogP contribution >= 0.6 is 0 Å². The van der Waals surface area contributed by atoms with Gasteiger partial charge in [0.05, 0.1) is 25.5 Å². The maximum atomic E-state index is 12.9. The Bertz CT molecular complexity index is 825. The van der Waals surface area contributed by atoms with Crippen molar-refractivity contribution in [1.29, 1.82) is 0 Å². The molecule has 0 unspecified atom stereocenters. The highest BCUT2D eigenvalue weighted by Gasteiger charge is 2.36. The van der Waals surface area contributed by atoms with Gasteiger partial charge in [-0.15, -0.1) is 0 Å². The van der Waals surface area contributed by atoms with Crippen LogP contribution in [0.3, 0.4) is 0 Å². The standard InChI is InChI=1S/C21H27N3O5/c1-15-6-7-18(29-15)17(23-9-12-27-13-10-23)14-22-20(25)16-4-2-8-24(16)21(26)19-5-3-11-28-19/h3,5-7,11,16-17H,2,4,8-10,12-14H2,1H3,(H,22,25)/t16-,17-/m0/s1. The summed E-state index contributed by atoms with van der Waals surface area (Å²) in [5, 5.41) is 3.05. The van der Waals surface area contributed by atoms with Gasteiger partial charge in [-0.1, -0.05) is 0 Å². The Morgan fingerprint density at radius 2 is 2.03 bits per heavy atom. The van der Waals surface area contributed by atoms with E-state index in [4.69, 9.17) is 13.6 Å². The molecule has 2 aliphatic heterocycles. The Morgan fingerprint density at radius 1 is 1.21 bits per heavy atom. The van der Waals surface area contributed by atoms with Crippen molar-refractivity contribution in [3.05, 3.63) is 47.8 Å². The monoisotopic (exact) mass is 401 g/mol. The van der Waals surface area contributed by atoms with Crippen LogP contribution in [0.4, 0.5) is 0 Å². The Labute approximate surface area is 169 Å². The molecule has 0 saturated carbocycles. The van der Waals surface area contributed by atoms with E-state index in [1.54, 1.807) is 17.0 Å². The highest BCUT2D eigenvalue weighted by atomic mass is 16.5. The number of carbonyl (C=O) groups is 2. The van der Waals surface area contributed by atoms with Gasteiger partial charge in [0.1, 0.15) is 17.6 Å². The molecule has 0 spiro atoms. The second-order valence-electron chi connectivity index (χ2n) is 7.49. The van der Waals surface area contributed by atoms with E-state index >= 15 is 0 Å². The van der Waals surface area contributed by atoms with Gasteiger partial charge < -0.3 is 23.8 Å². The minimum Gasteiger partial charge on any atom is -0.465 e. The normalized spacial score (nSPS) is 21.3. The molecule has 8 nitrogen and oxygen atoms in total. The molecule has 156 valence electrons. The van der Waals surface area contributed by atoms with Crippen molar-refractivity contribution in [2.75, 3.05) is 39.4 Å². The van der Waals surface area contributed by atoms with Gasteiger partial charge in [0.15, 0.2) is 5.76 Å².